The van der Waals surface area contributed by atoms with Crippen molar-refractivity contribution < 1.29 is 14.3 Å². The van der Waals surface area contributed by atoms with Crippen LogP contribution in [0, 0.1) is 0 Å². The summed E-state index contributed by atoms with van der Waals surface area (Å²) >= 11 is 0. The number of likely N-dealkylation sites (N-methyl/N-ethyl adjacent to an activating group) is 1. The lowest BCUT2D eigenvalue weighted by Crippen LogP contribution is -2.43. The molecule has 2 aromatic rings. The highest BCUT2D eigenvalue weighted by Gasteiger charge is 2.25. The van der Waals surface area contributed by atoms with Crippen LogP contribution in [0.4, 0.5) is 5.69 Å². The third-order valence-electron chi connectivity index (χ3n) is 5.99. The number of benzene rings is 2. The predicted molar refractivity (Wildman–Crippen MR) is 118 cm³/mol. The lowest BCUT2D eigenvalue weighted by Gasteiger charge is -2.35. The van der Waals surface area contributed by atoms with Gasteiger partial charge in [-0.15, -0.1) is 0 Å². The molecule has 0 unspecified atom stereocenters. The lowest BCUT2D eigenvalue weighted by atomic mass is 10.00. The molecule has 0 saturated carbocycles. The number of hydrogen-bond acceptors (Lipinski definition) is 5. The van der Waals surface area contributed by atoms with Crippen LogP contribution in [0.25, 0.3) is 0 Å². The molecule has 1 amide bonds. The van der Waals surface area contributed by atoms with E-state index in [-0.39, 0.29) is 11.9 Å². The number of fused-ring (bicyclic) bond motifs is 1. The van der Waals surface area contributed by atoms with E-state index in [4.69, 9.17) is 9.47 Å². The van der Waals surface area contributed by atoms with E-state index in [2.05, 4.69) is 40.4 Å². The van der Waals surface area contributed by atoms with Gasteiger partial charge in [-0.2, -0.15) is 0 Å². The van der Waals surface area contributed by atoms with Crippen molar-refractivity contribution in [3.05, 3.63) is 59.2 Å². The molecule has 1 N–H and O–H groups in total. The fraction of sp³-hybridized carbons (Fsp3) is 0.458. The van der Waals surface area contributed by atoms with Crippen LogP contribution in [0.2, 0.25) is 0 Å². The summed E-state index contributed by atoms with van der Waals surface area (Å²) in [5.41, 5.74) is 4.62. The fourth-order valence-corrected chi connectivity index (χ4v) is 4.30. The van der Waals surface area contributed by atoms with Gasteiger partial charge in [0.15, 0.2) is 0 Å². The van der Waals surface area contributed by atoms with Crippen LogP contribution in [0.15, 0.2) is 42.5 Å². The summed E-state index contributed by atoms with van der Waals surface area (Å²) in [6.45, 7) is 7.41. The zero-order chi connectivity index (χ0) is 20.9. The predicted octanol–water partition coefficient (Wildman–Crippen LogP) is 2.88. The first-order chi connectivity index (χ1) is 14.7. The van der Waals surface area contributed by atoms with Crippen molar-refractivity contribution in [1.82, 2.24) is 10.2 Å². The number of anilines is 1. The molecule has 0 aromatic heterocycles. The molecule has 1 atom stereocenters. The summed E-state index contributed by atoms with van der Waals surface area (Å²) in [4.78, 5) is 17.5. The minimum absolute atomic E-state index is 0.0581. The third kappa shape index (κ3) is 4.60. The van der Waals surface area contributed by atoms with E-state index < -0.39 is 0 Å². The summed E-state index contributed by atoms with van der Waals surface area (Å²) in [7, 11) is 2.14. The van der Waals surface area contributed by atoms with Crippen molar-refractivity contribution in [2.75, 3.05) is 57.9 Å². The number of carbonyl (C=O) groups excluding carboxylic acids is 1. The fourth-order valence-electron chi connectivity index (χ4n) is 4.30. The van der Waals surface area contributed by atoms with E-state index in [1.165, 1.54) is 16.8 Å². The average Bonchev–Trinajstić information content (AvgIpc) is 3.15. The van der Waals surface area contributed by atoms with Crippen molar-refractivity contribution in [2.45, 2.75) is 19.4 Å². The van der Waals surface area contributed by atoms with Crippen LogP contribution >= 0.6 is 0 Å². The number of nitrogens with zero attached hydrogens (tertiary/aromatic N) is 2. The SMILES string of the molecule is CCOc1ccc(C(=O)NC[C@H](c2ccc3c(c2)CCN3C)N2CCOCC2)cc1. The van der Waals surface area contributed by atoms with Crippen LogP contribution in [0.3, 0.4) is 0 Å². The molecule has 0 bridgehead atoms. The van der Waals surface area contributed by atoms with Gasteiger partial charge in [-0.25, -0.2) is 0 Å². The average molecular weight is 410 g/mol. The summed E-state index contributed by atoms with van der Waals surface area (Å²) in [6.07, 6.45) is 1.08. The maximum Gasteiger partial charge on any atom is 0.251 e. The minimum atomic E-state index is -0.0581. The third-order valence-corrected chi connectivity index (χ3v) is 5.99. The summed E-state index contributed by atoms with van der Waals surface area (Å²) in [6, 6.07) is 14.2. The molecule has 2 aliphatic heterocycles. The Balaban J connectivity index is 1.48. The Hall–Kier alpha value is -2.57. The smallest absolute Gasteiger partial charge is 0.251 e. The zero-order valence-corrected chi connectivity index (χ0v) is 17.9. The first-order valence-corrected chi connectivity index (χ1v) is 10.8. The maximum atomic E-state index is 12.8. The van der Waals surface area contributed by atoms with Gasteiger partial charge in [0.1, 0.15) is 5.75 Å². The van der Waals surface area contributed by atoms with Crippen molar-refractivity contribution >= 4 is 11.6 Å². The second-order valence-electron chi connectivity index (χ2n) is 7.89. The van der Waals surface area contributed by atoms with Crippen LogP contribution < -0.4 is 15.0 Å². The Bertz CT molecular complexity index is 862. The van der Waals surface area contributed by atoms with E-state index in [1.54, 1.807) is 0 Å². The van der Waals surface area contributed by atoms with Gasteiger partial charge in [0.25, 0.3) is 5.91 Å². The Labute approximate surface area is 178 Å². The van der Waals surface area contributed by atoms with Gasteiger partial charge in [-0.1, -0.05) is 12.1 Å². The largest absolute Gasteiger partial charge is 0.494 e. The Morgan fingerprint density at radius 1 is 1.13 bits per heavy atom. The number of carbonyl (C=O) groups is 1. The number of amides is 1. The van der Waals surface area contributed by atoms with Gasteiger partial charge in [-0.3, -0.25) is 9.69 Å². The molecular formula is C24H31N3O3. The molecule has 30 heavy (non-hydrogen) atoms. The molecule has 6 nitrogen and oxygen atoms in total. The summed E-state index contributed by atoms with van der Waals surface area (Å²) < 4.78 is 11.0. The van der Waals surface area contributed by atoms with Crippen molar-refractivity contribution in [2.24, 2.45) is 0 Å². The van der Waals surface area contributed by atoms with Crippen LogP contribution in [0.5, 0.6) is 5.75 Å². The van der Waals surface area contributed by atoms with E-state index in [1.807, 2.05) is 31.2 Å². The number of rotatable bonds is 7. The van der Waals surface area contributed by atoms with Gasteiger partial charge in [0.05, 0.1) is 25.9 Å². The summed E-state index contributed by atoms with van der Waals surface area (Å²) in [5, 5.41) is 3.15. The second kappa shape index (κ2) is 9.49. The minimum Gasteiger partial charge on any atom is -0.494 e. The topological polar surface area (TPSA) is 54.0 Å². The second-order valence-corrected chi connectivity index (χ2v) is 7.89. The number of nitrogens with one attached hydrogen (secondary N) is 1. The zero-order valence-electron chi connectivity index (χ0n) is 17.9. The Morgan fingerprint density at radius 2 is 1.90 bits per heavy atom. The number of ether oxygens (including phenoxy) is 2. The van der Waals surface area contributed by atoms with E-state index in [0.29, 0.717) is 18.7 Å². The van der Waals surface area contributed by atoms with Crippen molar-refractivity contribution in [3.63, 3.8) is 0 Å². The molecule has 0 aliphatic carbocycles. The number of hydrogen-bond donors (Lipinski definition) is 1. The molecule has 160 valence electrons. The molecular weight excluding hydrogens is 378 g/mol. The van der Waals surface area contributed by atoms with E-state index >= 15 is 0 Å². The van der Waals surface area contributed by atoms with Gasteiger partial charge < -0.3 is 19.7 Å². The Morgan fingerprint density at radius 3 is 2.63 bits per heavy atom. The first kappa shape index (κ1) is 20.7. The van der Waals surface area contributed by atoms with Crippen molar-refractivity contribution in [1.29, 1.82) is 0 Å². The quantitative estimate of drug-likeness (QED) is 0.762. The molecule has 2 heterocycles. The van der Waals surface area contributed by atoms with Crippen LogP contribution in [-0.4, -0.2) is 63.9 Å². The van der Waals surface area contributed by atoms with Crippen molar-refractivity contribution in [3.8, 4) is 5.75 Å². The first-order valence-electron chi connectivity index (χ1n) is 10.8. The molecule has 1 fully saturated rings. The number of morpholine rings is 1. The van der Waals surface area contributed by atoms with Gasteiger partial charge in [-0.05, 0) is 54.8 Å². The van der Waals surface area contributed by atoms with Crippen LogP contribution in [-0.2, 0) is 11.2 Å². The highest BCUT2D eigenvalue weighted by atomic mass is 16.5. The van der Waals surface area contributed by atoms with Gasteiger partial charge in [0.2, 0.25) is 0 Å². The molecule has 2 aliphatic rings. The van der Waals surface area contributed by atoms with Gasteiger partial charge >= 0.3 is 0 Å². The standard InChI is InChI=1S/C24H31N3O3/c1-3-30-21-7-4-18(5-8-21)24(28)25-17-23(27-12-14-29-15-13-27)19-6-9-22-20(16-19)10-11-26(22)2/h4-9,16,23H,3,10-15,17H2,1-2H3,(H,25,28)/t23-/m1/s1. The highest BCUT2D eigenvalue weighted by molar-refractivity contribution is 5.94. The van der Waals surface area contributed by atoms with Crippen LogP contribution in [0.1, 0.15) is 34.5 Å². The highest BCUT2D eigenvalue weighted by Crippen LogP contribution is 2.31. The Kier molecular flexibility index (Phi) is 6.55. The van der Waals surface area contributed by atoms with E-state index in [0.717, 1.165) is 45.0 Å². The molecule has 0 radical (unpaired) electrons. The molecule has 2 aromatic carbocycles. The van der Waals surface area contributed by atoms with Gasteiger partial charge in [0, 0.05) is 44.5 Å². The normalized spacial score (nSPS) is 17.5. The molecule has 0 spiro atoms. The molecule has 1 saturated heterocycles. The maximum absolute atomic E-state index is 12.8. The molecule has 6 heteroatoms. The molecule has 4 rings (SSSR count). The monoisotopic (exact) mass is 409 g/mol. The lowest BCUT2D eigenvalue weighted by molar-refractivity contribution is 0.0162. The summed E-state index contributed by atoms with van der Waals surface area (Å²) in [5.74, 6) is 0.723. The van der Waals surface area contributed by atoms with E-state index in [9.17, 15) is 4.79 Å².